The number of aromatic nitrogens is 2. The van der Waals surface area contributed by atoms with Crippen LogP contribution in [-0.4, -0.2) is 10.2 Å². The molecule has 0 spiro atoms. The first-order valence-electron chi connectivity index (χ1n) is 7.83. The summed E-state index contributed by atoms with van der Waals surface area (Å²) < 4.78 is 13.8. The second-order valence-electron chi connectivity index (χ2n) is 5.91. The topological polar surface area (TPSA) is 28.7 Å². The molecular weight excluding hydrogens is 239 g/mol. The van der Waals surface area contributed by atoms with Gasteiger partial charge in [-0.3, -0.25) is 5.10 Å². The zero-order valence-corrected chi connectivity index (χ0v) is 12.8. The van der Waals surface area contributed by atoms with Gasteiger partial charge in [0.05, 0.1) is 6.20 Å². The molecule has 0 bridgehead atoms. The Morgan fingerprint density at radius 3 is 2.16 bits per heavy atom. The normalized spacial score (nSPS) is 14.5. The van der Waals surface area contributed by atoms with Crippen molar-refractivity contribution in [1.82, 2.24) is 10.2 Å². The lowest BCUT2D eigenvalue weighted by Gasteiger charge is -2.28. The van der Waals surface area contributed by atoms with E-state index in [0.717, 1.165) is 19.3 Å². The van der Waals surface area contributed by atoms with Crippen molar-refractivity contribution in [1.29, 1.82) is 0 Å². The van der Waals surface area contributed by atoms with Crippen LogP contribution in [0.1, 0.15) is 84.3 Å². The Morgan fingerprint density at radius 1 is 1.05 bits per heavy atom. The monoisotopic (exact) mass is 268 g/mol. The zero-order chi connectivity index (χ0) is 14.1. The number of halogens is 1. The van der Waals surface area contributed by atoms with Crippen molar-refractivity contribution >= 4 is 0 Å². The van der Waals surface area contributed by atoms with Crippen LogP contribution >= 0.6 is 0 Å². The molecular formula is C16H29FN2. The van der Waals surface area contributed by atoms with Gasteiger partial charge in [0.15, 0.2) is 5.82 Å². The standard InChI is InChI=1S/C16H29FN2/c1-4-6-8-10-12-16(3,11-9-7-5-2)15-14(17)13-18-19-15/h13H,4-12H2,1-3H3,(H,18,19). The second-order valence-corrected chi connectivity index (χ2v) is 5.91. The Morgan fingerprint density at radius 2 is 1.63 bits per heavy atom. The Bertz CT molecular complexity index is 348. The quantitative estimate of drug-likeness (QED) is 0.569. The fourth-order valence-corrected chi connectivity index (χ4v) is 2.77. The summed E-state index contributed by atoms with van der Waals surface area (Å²) in [5.41, 5.74) is 0.535. The molecule has 1 heterocycles. The van der Waals surface area contributed by atoms with Crippen LogP contribution in [0.4, 0.5) is 4.39 Å². The lowest BCUT2D eigenvalue weighted by Crippen LogP contribution is -2.24. The van der Waals surface area contributed by atoms with Gasteiger partial charge in [0, 0.05) is 5.41 Å². The molecule has 0 amide bonds. The van der Waals surface area contributed by atoms with Gasteiger partial charge in [-0.1, -0.05) is 65.7 Å². The highest BCUT2D eigenvalue weighted by Gasteiger charge is 2.30. The van der Waals surface area contributed by atoms with E-state index >= 15 is 0 Å². The molecule has 1 N–H and O–H groups in total. The SMILES string of the molecule is CCCCCCC(C)(CCCCC)c1n[nH]cc1F. The van der Waals surface area contributed by atoms with Gasteiger partial charge < -0.3 is 0 Å². The molecule has 1 aromatic heterocycles. The Kier molecular flexibility index (Phi) is 7.11. The van der Waals surface area contributed by atoms with E-state index in [9.17, 15) is 4.39 Å². The highest BCUT2D eigenvalue weighted by atomic mass is 19.1. The first-order chi connectivity index (χ1) is 9.14. The highest BCUT2D eigenvalue weighted by Crippen LogP contribution is 2.35. The van der Waals surface area contributed by atoms with Gasteiger partial charge in [0.25, 0.3) is 0 Å². The molecule has 3 heteroatoms. The van der Waals surface area contributed by atoms with Crippen molar-refractivity contribution in [3.8, 4) is 0 Å². The van der Waals surface area contributed by atoms with Crippen molar-refractivity contribution in [2.45, 2.75) is 84.0 Å². The van der Waals surface area contributed by atoms with Crippen LogP contribution in [0.25, 0.3) is 0 Å². The maximum absolute atomic E-state index is 13.8. The van der Waals surface area contributed by atoms with Crippen molar-refractivity contribution in [3.63, 3.8) is 0 Å². The molecule has 0 aliphatic rings. The van der Waals surface area contributed by atoms with Crippen LogP contribution in [0, 0.1) is 5.82 Å². The summed E-state index contributed by atoms with van der Waals surface area (Å²) in [7, 11) is 0. The second kappa shape index (κ2) is 8.34. The van der Waals surface area contributed by atoms with Crippen molar-refractivity contribution in [2.24, 2.45) is 0 Å². The van der Waals surface area contributed by atoms with Crippen LogP contribution in [0.5, 0.6) is 0 Å². The molecule has 0 aliphatic carbocycles. The molecule has 0 radical (unpaired) electrons. The van der Waals surface area contributed by atoms with Crippen LogP contribution in [0.15, 0.2) is 6.20 Å². The van der Waals surface area contributed by atoms with E-state index in [4.69, 9.17) is 0 Å². The van der Waals surface area contributed by atoms with Crippen molar-refractivity contribution in [2.75, 3.05) is 0 Å². The lowest BCUT2D eigenvalue weighted by molar-refractivity contribution is 0.344. The Labute approximate surface area is 117 Å². The molecule has 0 aromatic carbocycles. The van der Waals surface area contributed by atoms with Gasteiger partial charge in [-0.05, 0) is 12.8 Å². The predicted molar refractivity (Wildman–Crippen MR) is 78.8 cm³/mol. The maximum Gasteiger partial charge on any atom is 0.164 e. The molecule has 2 nitrogen and oxygen atoms in total. The number of H-pyrrole nitrogens is 1. The third-order valence-electron chi connectivity index (χ3n) is 4.08. The van der Waals surface area contributed by atoms with E-state index < -0.39 is 0 Å². The zero-order valence-electron chi connectivity index (χ0n) is 12.8. The maximum atomic E-state index is 13.8. The largest absolute Gasteiger partial charge is 0.282 e. The smallest absolute Gasteiger partial charge is 0.164 e. The summed E-state index contributed by atoms with van der Waals surface area (Å²) in [6.45, 7) is 6.59. The van der Waals surface area contributed by atoms with Gasteiger partial charge in [-0.15, -0.1) is 0 Å². The van der Waals surface area contributed by atoms with Crippen LogP contribution in [-0.2, 0) is 5.41 Å². The summed E-state index contributed by atoms with van der Waals surface area (Å²) in [5, 5.41) is 6.84. The van der Waals surface area contributed by atoms with Gasteiger partial charge in [0.1, 0.15) is 5.69 Å². The van der Waals surface area contributed by atoms with Crippen molar-refractivity contribution in [3.05, 3.63) is 17.7 Å². The van der Waals surface area contributed by atoms with Gasteiger partial charge >= 0.3 is 0 Å². The minimum Gasteiger partial charge on any atom is -0.282 e. The van der Waals surface area contributed by atoms with E-state index in [1.807, 2.05) is 0 Å². The molecule has 1 atom stereocenters. The van der Waals surface area contributed by atoms with Crippen molar-refractivity contribution < 1.29 is 4.39 Å². The summed E-state index contributed by atoms with van der Waals surface area (Å²) in [6.07, 6.45) is 12.0. The molecule has 0 saturated carbocycles. The first kappa shape index (κ1) is 16.2. The Balaban J connectivity index is 2.64. The fourth-order valence-electron chi connectivity index (χ4n) is 2.77. The molecule has 0 saturated heterocycles. The van der Waals surface area contributed by atoms with E-state index in [1.165, 1.54) is 44.7 Å². The van der Waals surface area contributed by atoms with Gasteiger partial charge in [-0.25, -0.2) is 4.39 Å². The van der Waals surface area contributed by atoms with E-state index in [0.29, 0.717) is 5.69 Å². The van der Waals surface area contributed by atoms with Gasteiger partial charge in [0.2, 0.25) is 0 Å². The molecule has 1 aromatic rings. The highest BCUT2D eigenvalue weighted by molar-refractivity contribution is 5.15. The van der Waals surface area contributed by atoms with Gasteiger partial charge in [-0.2, -0.15) is 5.10 Å². The number of hydrogen-bond acceptors (Lipinski definition) is 1. The summed E-state index contributed by atoms with van der Waals surface area (Å²) in [4.78, 5) is 0. The lowest BCUT2D eigenvalue weighted by atomic mass is 9.77. The minimum absolute atomic E-state index is 0.104. The van der Waals surface area contributed by atoms with Crippen LogP contribution in [0.2, 0.25) is 0 Å². The number of nitrogens with zero attached hydrogens (tertiary/aromatic N) is 1. The molecule has 19 heavy (non-hydrogen) atoms. The molecule has 0 fully saturated rings. The minimum atomic E-state index is -0.172. The van der Waals surface area contributed by atoms with E-state index in [-0.39, 0.29) is 11.2 Å². The molecule has 110 valence electrons. The fraction of sp³-hybridized carbons (Fsp3) is 0.812. The van der Waals surface area contributed by atoms with E-state index in [2.05, 4.69) is 31.0 Å². The predicted octanol–water partition coefficient (Wildman–Crippen LogP) is 5.36. The Hall–Kier alpha value is -0.860. The summed E-state index contributed by atoms with van der Waals surface area (Å²) in [6, 6.07) is 0. The number of unbranched alkanes of at least 4 members (excludes halogenated alkanes) is 5. The summed E-state index contributed by atoms with van der Waals surface area (Å²) >= 11 is 0. The molecule has 0 aliphatic heterocycles. The van der Waals surface area contributed by atoms with Crippen LogP contribution < -0.4 is 0 Å². The molecule has 1 unspecified atom stereocenters. The number of hydrogen-bond donors (Lipinski definition) is 1. The first-order valence-corrected chi connectivity index (χ1v) is 7.83. The number of rotatable bonds is 10. The van der Waals surface area contributed by atoms with Crippen LogP contribution in [0.3, 0.4) is 0 Å². The average molecular weight is 268 g/mol. The number of nitrogens with one attached hydrogen (secondary N) is 1. The molecule has 1 rings (SSSR count). The number of aromatic amines is 1. The third kappa shape index (κ3) is 4.96. The summed E-state index contributed by atoms with van der Waals surface area (Å²) in [5.74, 6) is -0.172. The average Bonchev–Trinajstić information content (AvgIpc) is 2.82. The third-order valence-corrected chi connectivity index (χ3v) is 4.08. The van der Waals surface area contributed by atoms with E-state index in [1.54, 1.807) is 0 Å².